The van der Waals surface area contributed by atoms with Crippen molar-refractivity contribution in [2.24, 2.45) is 5.92 Å². The number of amides is 5. The average Bonchev–Trinajstić information content (AvgIpc) is 3.48. The van der Waals surface area contributed by atoms with Crippen LogP contribution in [0.4, 0.5) is 11.4 Å². The number of carbonyl (C=O) groups excluding carboxylic acids is 5. The molecule has 0 radical (unpaired) electrons. The average molecular weight is 792 g/mol. The Labute approximate surface area is 336 Å². The van der Waals surface area contributed by atoms with Gasteiger partial charge < -0.3 is 19.9 Å². The third-order valence-corrected chi connectivity index (χ3v) is 12.5. The molecule has 2 N–H and O–H groups in total. The highest BCUT2D eigenvalue weighted by Crippen LogP contribution is 2.36. The fourth-order valence-corrected chi connectivity index (χ4v) is 9.15. The van der Waals surface area contributed by atoms with Crippen molar-refractivity contribution in [2.45, 2.75) is 69.6 Å². The number of nitrogens with one attached hydrogen (secondary N) is 2. The molecular formula is C43H46ClN7O6. The molecule has 8 rings (SSSR count). The standard InChI is InChI=1S/C43H46ClN7O6/c44-35-24-33(11-6-29(35)25-45)57-32-12-7-30(8-13-32)46-40(53)28-4-9-31(10-5-28)49-22-20-48(21-23-49)26-27-16-18-50(19-17-27)36-3-1-2-34-39(36)43(56)51(42(34)55)37-14-15-38(52)47-41(37)54/h1-6,9-11,24,27,30,32,37H,7-8,12-23,26H2,(H,46,53)(H,47,52,54). The quantitative estimate of drug-likeness (QED) is 0.290. The minimum atomic E-state index is -0.979. The largest absolute Gasteiger partial charge is 0.490 e. The van der Waals surface area contributed by atoms with Gasteiger partial charge in [-0.3, -0.25) is 39.1 Å². The maximum absolute atomic E-state index is 13.6. The lowest BCUT2D eigenvalue weighted by Crippen LogP contribution is -2.54. The lowest BCUT2D eigenvalue weighted by molar-refractivity contribution is -0.136. The second-order valence-corrected chi connectivity index (χ2v) is 16.1. The van der Waals surface area contributed by atoms with Gasteiger partial charge in [0, 0.05) is 75.6 Å². The first-order valence-corrected chi connectivity index (χ1v) is 20.4. The van der Waals surface area contributed by atoms with E-state index < -0.39 is 29.7 Å². The number of piperidine rings is 2. The van der Waals surface area contributed by atoms with Crippen molar-refractivity contribution in [2.75, 3.05) is 55.6 Å². The van der Waals surface area contributed by atoms with Crippen molar-refractivity contribution in [3.05, 3.63) is 87.9 Å². The molecule has 1 unspecified atom stereocenters. The smallest absolute Gasteiger partial charge is 0.264 e. The summed E-state index contributed by atoms with van der Waals surface area (Å²) in [6, 6.07) is 19.5. The second kappa shape index (κ2) is 16.6. The summed E-state index contributed by atoms with van der Waals surface area (Å²) in [7, 11) is 0. The molecule has 1 saturated carbocycles. The van der Waals surface area contributed by atoms with Gasteiger partial charge in [0.05, 0.1) is 33.5 Å². The second-order valence-electron chi connectivity index (χ2n) is 15.7. The molecule has 3 saturated heterocycles. The van der Waals surface area contributed by atoms with Gasteiger partial charge in [-0.1, -0.05) is 17.7 Å². The molecule has 0 bridgehead atoms. The summed E-state index contributed by atoms with van der Waals surface area (Å²) in [6.45, 7) is 6.25. The summed E-state index contributed by atoms with van der Waals surface area (Å²) in [6.07, 6.45) is 5.50. The van der Waals surface area contributed by atoms with Crippen LogP contribution < -0.4 is 25.2 Å². The van der Waals surface area contributed by atoms with Crippen LogP contribution in [0.5, 0.6) is 5.75 Å². The van der Waals surface area contributed by atoms with E-state index in [2.05, 4.69) is 31.4 Å². The fraction of sp³-hybridized carbons (Fsp3) is 0.442. The molecule has 5 aliphatic rings. The Morgan fingerprint density at radius 1 is 0.842 bits per heavy atom. The normalized spacial score (nSPS) is 23.2. The summed E-state index contributed by atoms with van der Waals surface area (Å²) in [5.41, 5.74) is 3.59. The summed E-state index contributed by atoms with van der Waals surface area (Å²) >= 11 is 6.15. The highest BCUT2D eigenvalue weighted by Gasteiger charge is 2.46. The van der Waals surface area contributed by atoms with Crippen LogP contribution in [-0.4, -0.2) is 103 Å². The monoisotopic (exact) mass is 791 g/mol. The molecule has 4 fully saturated rings. The van der Waals surface area contributed by atoms with Gasteiger partial charge in [0.2, 0.25) is 11.8 Å². The number of rotatable bonds is 9. The molecule has 3 aromatic carbocycles. The Hall–Kier alpha value is -5.45. The molecule has 4 aliphatic heterocycles. The molecule has 14 heteroatoms. The number of hydrogen-bond donors (Lipinski definition) is 2. The van der Waals surface area contributed by atoms with Gasteiger partial charge >= 0.3 is 0 Å². The molecule has 13 nitrogen and oxygen atoms in total. The predicted octanol–water partition coefficient (Wildman–Crippen LogP) is 4.77. The number of fused-ring (bicyclic) bond motifs is 1. The van der Waals surface area contributed by atoms with E-state index in [1.165, 1.54) is 0 Å². The van der Waals surface area contributed by atoms with Crippen molar-refractivity contribution in [3.8, 4) is 11.8 Å². The minimum Gasteiger partial charge on any atom is -0.490 e. The van der Waals surface area contributed by atoms with Crippen LogP contribution in [0, 0.1) is 17.2 Å². The van der Waals surface area contributed by atoms with E-state index in [0.29, 0.717) is 38.9 Å². The van der Waals surface area contributed by atoms with Gasteiger partial charge in [0.15, 0.2) is 0 Å². The van der Waals surface area contributed by atoms with Crippen molar-refractivity contribution in [1.82, 2.24) is 20.4 Å². The van der Waals surface area contributed by atoms with Crippen molar-refractivity contribution in [3.63, 3.8) is 0 Å². The van der Waals surface area contributed by atoms with E-state index in [1.54, 1.807) is 30.3 Å². The zero-order valence-corrected chi connectivity index (χ0v) is 32.5. The predicted molar refractivity (Wildman–Crippen MR) is 213 cm³/mol. The van der Waals surface area contributed by atoms with Crippen LogP contribution in [0.1, 0.15) is 88.0 Å². The number of ether oxygens (including phenoxy) is 1. The van der Waals surface area contributed by atoms with Gasteiger partial charge in [0.25, 0.3) is 17.7 Å². The fourth-order valence-electron chi connectivity index (χ4n) is 8.94. The number of benzene rings is 3. The maximum atomic E-state index is 13.6. The topological polar surface area (TPSA) is 155 Å². The molecule has 3 aromatic rings. The molecule has 296 valence electrons. The Kier molecular flexibility index (Phi) is 11.2. The number of nitriles is 1. The Bertz CT molecular complexity index is 2100. The number of hydrogen-bond acceptors (Lipinski definition) is 10. The van der Waals surface area contributed by atoms with E-state index >= 15 is 0 Å². The first-order valence-electron chi connectivity index (χ1n) is 20.0. The van der Waals surface area contributed by atoms with Crippen molar-refractivity contribution < 1.29 is 28.7 Å². The molecular weight excluding hydrogens is 746 g/mol. The highest BCUT2D eigenvalue weighted by atomic mass is 35.5. The summed E-state index contributed by atoms with van der Waals surface area (Å²) < 4.78 is 6.10. The lowest BCUT2D eigenvalue weighted by atomic mass is 9.92. The van der Waals surface area contributed by atoms with E-state index in [9.17, 15) is 24.0 Å². The van der Waals surface area contributed by atoms with Gasteiger partial charge in [-0.05, 0) is 99.4 Å². The first-order chi connectivity index (χ1) is 27.6. The highest BCUT2D eigenvalue weighted by molar-refractivity contribution is 6.31. The Morgan fingerprint density at radius 2 is 1.58 bits per heavy atom. The molecule has 5 amide bonds. The van der Waals surface area contributed by atoms with Crippen LogP contribution in [-0.2, 0) is 9.59 Å². The molecule has 1 aliphatic carbocycles. The lowest BCUT2D eigenvalue weighted by Gasteiger charge is -2.40. The zero-order chi connectivity index (χ0) is 39.6. The van der Waals surface area contributed by atoms with Gasteiger partial charge in [-0.2, -0.15) is 5.26 Å². The summed E-state index contributed by atoms with van der Waals surface area (Å²) in [5.74, 6) is -0.830. The van der Waals surface area contributed by atoms with Crippen molar-refractivity contribution in [1.29, 1.82) is 5.26 Å². The number of anilines is 2. The van der Waals surface area contributed by atoms with Crippen molar-refractivity contribution >= 4 is 52.5 Å². The SMILES string of the molecule is N#Cc1ccc(OC2CCC(NC(=O)c3ccc(N4CCN(CC5CCN(c6cccc7c6C(=O)N(C6CCC(=O)NC6=O)C7=O)CC5)CC4)cc3)CC2)cc1Cl. The molecule has 57 heavy (non-hydrogen) atoms. The third kappa shape index (κ3) is 8.20. The van der Waals surface area contributed by atoms with E-state index in [1.807, 2.05) is 30.3 Å². The third-order valence-electron chi connectivity index (χ3n) is 12.2. The summed E-state index contributed by atoms with van der Waals surface area (Å²) in [5, 5.41) is 14.9. The maximum Gasteiger partial charge on any atom is 0.264 e. The first kappa shape index (κ1) is 38.4. The van der Waals surface area contributed by atoms with E-state index in [-0.39, 0.29) is 30.9 Å². The number of imide groups is 2. The van der Waals surface area contributed by atoms with Crippen LogP contribution in [0.3, 0.4) is 0 Å². The van der Waals surface area contributed by atoms with E-state index in [4.69, 9.17) is 21.6 Å². The Balaban J connectivity index is 0.767. The van der Waals surface area contributed by atoms with Crippen LogP contribution in [0.2, 0.25) is 5.02 Å². The van der Waals surface area contributed by atoms with Gasteiger partial charge in [-0.25, -0.2) is 0 Å². The minimum absolute atomic E-state index is 0.0424. The number of piperazine rings is 1. The van der Waals surface area contributed by atoms with Gasteiger partial charge in [-0.15, -0.1) is 0 Å². The number of carbonyl (C=O) groups is 5. The molecule has 0 spiro atoms. The van der Waals surface area contributed by atoms with Gasteiger partial charge in [0.1, 0.15) is 17.9 Å². The summed E-state index contributed by atoms with van der Waals surface area (Å²) in [4.78, 5) is 72.4. The van der Waals surface area contributed by atoms with E-state index in [0.717, 1.165) is 101 Å². The molecule has 4 heterocycles. The molecule has 1 atom stereocenters. The number of halogens is 1. The molecule has 0 aromatic heterocycles. The van der Waals surface area contributed by atoms with Crippen LogP contribution >= 0.6 is 11.6 Å². The van der Waals surface area contributed by atoms with Crippen LogP contribution in [0.25, 0.3) is 0 Å². The number of nitrogens with zero attached hydrogens (tertiary/aromatic N) is 5. The van der Waals surface area contributed by atoms with Crippen LogP contribution in [0.15, 0.2) is 60.7 Å². The Morgan fingerprint density at radius 3 is 2.26 bits per heavy atom. The zero-order valence-electron chi connectivity index (χ0n) is 31.8.